The SMILES string of the molecule is COc1cc(SC)c(F)c(-c2ccc(C)cc2)c1. The van der Waals surface area contributed by atoms with Crippen molar-refractivity contribution in [1.82, 2.24) is 0 Å². The van der Waals surface area contributed by atoms with Gasteiger partial charge in [-0.25, -0.2) is 4.39 Å². The summed E-state index contributed by atoms with van der Waals surface area (Å²) >= 11 is 1.38. The van der Waals surface area contributed by atoms with E-state index in [1.165, 1.54) is 11.8 Å². The Kier molecular flexibility index (Phi) is 3.92. The largest absolute Gasteiger partial charge is 0.497 e. The Morgan fingerprint density at radius 1 is 1.11 bits per heavy atom. The number of aryl methyl sites for hydroxylation is 1. The van der Waals surface area contributed by atoms with Gasteiger partial charge in [0.1, 0.15) is 11.6 Å². The Hall–Kier alpha value is -1.48. The summed E-state index contributed by atoms with van der Waals surface area (Å²) in [5.41, 5.74) is 2.61. The van der Waals surface area contributed by atoms with Crippen molar-refractivity contribution in [2.45, 2.75) is 11.8 Å². The van der Waals surface area contributed by atoms with Gasteiger partial charge in [0, 0.05) is 10.5 Å². The third-order valence-corrected chi connectivity index (χ3v) is 3.57. The molecule has 2 aromatic carbocycles. The van der Waals surface area contributed by atoms with Crippen LogP contribution in [0.5, 0.6) is 5.75 Å². The number of hydrogen-bond donors (Lipinski definition) is 0. The molecule has 0 spiro atoms. The molecule has 0 bridgehead atoms. The maximum absolute atomic E-state index is 14.3. The molecular weight excluding hydrogens is 247 g/mol. The van der Waals surface area contributed by atoms with Crippen LogP contribution in [-0.2, 0) is 0 Å². The van der Waals surface area contributed by atoms with Crippen LogP contribution in [-0.4, -0.2) is 13.4 Å². The minimum absolute atomic E-state index is 0.188. The van der Waals surface area contributed by atoms with Crippen LogP contribution < -0.4 is 4.74 Å². The van der Waals surface area contributed by atoms with Crippen LogP contribution in [0.15, 0.2) is 41.3 Å². The van der Waals surface area contributed by atoms with Crippen molar-refractivity contribution in [2.24, 2.45) is 0 Å². The van der Waals surface area contributed by atoms with Crippen LogP contribution in [0.25, 0.3) is 11.1 Å². The van der Waals surface area contributed by atoms with E-state index in [4.69, 9.17) is 4.74 Å². The van der Waals surface area contributed by atoms with Gasteiger partial charge in [0.2, 0.25) is 0 Å². The minimum atomic E-state index is -0.188. The fourth-order valence-corrected chi connectivity index (χ4v) is 2.31. The molecule has 18 heavy (non-hydrogen) atoms. The van der Waals surface area contributed by atoms with E-state index in [0.717, 1.165) is 11.1 Å². The van der Waals surface area contributed by atoms with Gasteiger partial charge in [-0.05, 0) is 30.9 Å². The highest BCUT2D eigenvalue weighted by Crippen LogP contribution is 2.33. The lowest BCUT2D eigenvalue weighted by atomic mass is 10.0. The molecule has 0 saturated heterocycles. The predicted octanol–water partition coefficient (Wildman–Crippen LogP) is 4.53. The third kappa shape index (κ3) is 2.51. The van der Waals surface area contributed by atoms with Gasteiger partial charge in [-0.1, -0.05) is 29.8 Å². The fraction of sp³-hybridized carbons (Fsp3) is 0.200. The fourth-order valence-electron chi connectivity index (χ4n) is 1.78. The number of hydrogen-bond acceptors (Lipinski definition) is 2. The molecule has 0 unspecified atom stereocenters. The molecule has 0 fully saturated rings. The van der Waals surface area contributed by atoms with Gasteiger partial charge < -0.3 is 4.74 Å². The Morgan fingerprint density at radius 3 is 2.33 bits per heavy atom. The Balaban J connectivity index is 2.58. The summed E-state index contributed by atoms with van der Waals surface area (Å²) < 4.78 is 19.5. The highest BCUT2D eigenvalue weighted by atomic mass is 32.2. The third-order valence-electron chi connectivity index (χ3n) is 2.83. The molecule has 0 aliphatic rings. The molecule has 0 atom stereocenters. The first-order valence-corrected chi connectivity index (χ1v) is 6.86. The standard InChI is InChI=1S/C15H15FOS/c1-10-4-6-11(7-5-10)13-8-12(17-2)9-14(18-3)15(13)16/h4-9H,1-3H3. The van der Waals surface area contributed by atoms with Crippen LogP contribution in [0.2, 0.25) is 0 Å². The Labute approximate surface area is 111 Å². The molecule has 0 aliphatic carbocycles. The van der Waals surface area contributed by atoms with E-state index in [9.17, 15) is 4.39 Å². The quantitative estimate of drug-likeness (QED) is 0.751. The molecule has 2 rings (SSSR count). The summed E-state index contributed by atoms with van der Waals surface area (Å²) in [6.45, 7) is 2.01. The van der Waals surface area contributed by atoms with Crippen molar-refractivity contribution in [3.8, 4) is 16.9 Å². The zero-order chi connectivity index (χ0) is 13.1. The smallest absolute Gasteiger partial charge is 0.144 e. The van der Waals surface area contributed by atoms with E-state index in [-0.39, 0.29) is 5.82 Å². The second-order valence-corrected chi connectivity index (χ2v) is 4.91. The first-order valence-electron chi connectivity index (χ1n) is 5.64. The molecule has 0 heterocycles. The summed E-state index contributed by atoms with van der Waals surface area (Å²) in [4.78, 5) is 0.602. The summed E-state index contributed by atoms with van der Waals surface area (Å²) in [6.07, 6.45) is 1.86. The number of benzene rings is 2. The molecule has 0 radical (unpaired) electrons. The number of ether oxygens (including phenoxy) is 1. The van der Waals surface area contributed by atoms with Crippen molar-refractivity contribution >= 4 is 11.8 Å². The Bertz CT molecular complexity index is 549. The first-order chi connectivity index (χ1) is 8.65. The molecule has 0 N–H and O–H groups in total. The molecule has 94 valence electrons. The van der Waals surface area contributed by atoms with Crippen molar-refractivity contribution in [3.05, 3.63) is 47.8 Å². The highest BCUT2D eigenvalue weighted by Gasteiger charge is 2.12. The van der Waals surface area contributed by atoms with Crippen molar-refractivity contribution in [1.29, 1.82) is 0 Å². The summed E-state index contributed by atoms with van der Waals surface area (Å²) in [6, 6.07) is 11.3. The van der Waals surface area contributed by atoms with Gasteiger partial charge in [-0.2, -0.15) is 0 Å². The lowest BCUT2D eigenvalue weighted by molar-refractivity contribution is 0.412. The second kappa shape index (κ2) is 5.44. The van der Waals surface area contributed by atoms with Crippen LogP contribution in [0.4, 0.5) is 4.39 Å². The van der Waals surface area contributed by atoms with Crippen LogP contribution in [0.3, 0.4) is 0 Å². The monoisotopic (exact) mass is 262 g/mol. The first kappa shape index (κ1) is 13.0. The lowest BCUT2D eigenvalue weighted by Gasteiger charge is -2.10. The minimum Gasteiger partial charge on any atom is -0.497 e. The summed E-state index contributed by atoms with van der Waals surface area (Å²) in [5.74, 6) is 0.489. The lowest BCUT2D eigenvalue weighted by Crippen LogP contribution is -1.91. The van der Waals surface area contributed by atoms with Gasteiger partial charge >= 0.3 is 0 Å². The molecule has 3 heteroatoms. The van der Waals surface area contributed by atoms with E-state index in [1.54, 1.807) is 19.2 Å². The van der Waals surface area contributed by atoms with E-state index < -0.39 is 0 Å². The average Bonchev–Trinajstić information content (AvgIpc) is 2.40. The van der Waals surface area contributed by atoms with Gasteiger partial charge in [0.15, 0.2) is 0 Å². The normalized spacial score (nSPS) is 10.4. The van der Waals surface area contributed by atoms with E-state index in [0.29, 0.717) is 16.2 Å². The van der Waals surface area contributed by atoms with Crippen molar-refractivity contribution in [2.75, 3.05) is 13.4 Å². The van der Waals surface area contributed by atoms with E-state index in [2.05, 4.69) is 0 Å². The van der Waals surface area contributed by atoms with Crippen LogP contribution in [0.1, 0.15) is 5.56 Å². The topological polar surface area (TPSA) is 9.23 Å². The van der Waals surface area contributed by atoms with Gasteiger partial charge in [0.05, 0.1) is 7.11 Å². The number of thioether (sulfide) groups is 1. The zero-order valence-corrected chi connectivity index (χ0v) is 11.5. The van der Waals surface area contributed by atoms with Crippen LogP contribution >= 0.6 is 11.8 Å². The van der Waals surface area contributed by atoms with E-state index in [1.807, 2.05) is 37.4 Å². The molecular formula is C15H15FOS. The number of methoxy groups -OCH3 is 1. The Morgan fingerprint density at radius 2 is 1.78 bits per heavy atom. The number of halogens is 1. The van der Waals surface area contributed by atoms with Gasteiger partial charge in [-0.3, -0.25) is 0 Å². The van der Waals surface area contributed by atoms with Crippen molar-refractivity contribution < 1.29 is 9.13 Å². The van der Waals surface area contributed by atoms with E-state index >= 15 is 0 Å². The predicted molar refractivity (Wildman–Crippen MR) is 74.9 cm³/mol. The van der Waals surface area contributed by atoms with Crippen molar-refractivity contribution in [3.63, 3.8) is 0 Å². The second-order valence-electron chi connectivity index (χ2n) is 4.06. The summed E-state index contributed by atoms with van der Waals surface area (Å²) in [7, 11) is 1.59. The molecule has 0 amide bonds. The molecule has 1 nitrogen and oxygen atoms in total. The van der Waals surface area contributed by atoms with Crippen LogP contribution in [0, 0.1) is 12.7 Å². The molecule has 2 aromatic rings. The maximum atomic E-state index is 14.3. The highest BCUT2D eigenvalue weighted by molar-refractivity contribution is 7.98. The van der Waals surface area contributed by atoms with Gasteiger partial charge in [-0.15, -0.1) is 11.8 Å². The summed E-state index contributed by atoms with van der Waals surface area (Å²) in [5, 5.41) is 0. The zero-order valence-electron chi connectivity index (χ0n) is 10.7. The average molecular weight is 262 g/mol. The molecule has 0 aromatic heterocycles. The molecule has 0 aliphatic heterocycles. The number of rotatable bonds is 3. The molecule has 0 saturated carbocycles. The maximum Gasteiger partial charge on any atom is 0.144 e. The van der Waals surface area contributed by atoms with Gasteiger partial charge in [0.25, 0.3) is 0 Å².